The second kappa shape index (κ2) is 3.88. The maximum absolute atomic E-state index is 8.36. The maximum atomic E-state index is 8.36. The van der Waals surface area contributed by atoms with Gasteiger partial charge in [-0.2, -0.15) is 0 Å². The Balaban J connectivity index is 4.14. The first-order valence-corrected chi connectivity index (χ1v) is 1.01. The van der Waals surface area contributed by atoms with Crippen molar-refractivity contribution in [3.63, 3.8) is 0 Å². The molecular weight excluding hydrogens is 68.0 g/mol. The minimum Gasteiger partial charge on any atom is -0.395 e. The summed E-state index contributed by atoms with van der Waals surface area (Å²) in [7, 11) is 0. The van der Waals surface area contributed by atoms with Crippen LogP contribution in [0.15, 0.2) is 0 Å². The van der Waals surface area contributed by atoms with Crippen molar-refractivity contribution >= 4 is 0 Å². The van der Waals surface area contributed by atoms with Crippen molar-refractivity contribution in [1.82, 2.24) is 5.43 Å². The first kappa shape index (κ1) is 1.18. The second-order valence-electron chi connectivity index (χ2n) is 0.381. The highest BCUT2D eigenvalue weighted by atomic mass is 16.3. The fourth-order valence-electron chi connectivity index (χ4n) is 0.0323. The number of nitrogens with two attached hydrogens (primary N) is 1. The van der Waals surface area contributed by atoms with Crippen molar-refractivity contribution in [3.05, 3.63) is 0 Å². The van der Waals surface area contributed by atoms with Gasteiger partial charge in [-0.25, -0.2) is 0 Å². The van der Waals surface area contributed by atoms with Crippen molar-refractivity contribution in [3.8, 4) is 0 Å². The van der Waals surface area contributed by atoms with Crippen LogP contribution in [0.4, 0.5) is 0 Å². The zero-order valence-corrected chi connectivity index (χ0v) is 2.52. The van der Waals surface area contributed by atoms with Crippen LogP contribution in [0.3, 0.4) is 0 Å². The van der Waals surface area contributed by atoms with Gasteiger partial charge in [0.15, 0.2) is 0 Å². The Hall–Kier alpha value is -0.120. The molecule has 0 spiro atoms. The van der Waals surface area contributed by atoms with E-state index >= 15 is 0 Å². The number of nitrogens with one attached hydrogen (secondary N) is 1. The van der Waals surface area contributed by atoms with E-state index < -0.39 is 13.1 Å². The van der Waals surface area contributed by atoms with E-state index in [2.05, 4.69) is 5.84 Å². The third kappa shape index (κ3) is 3.88. The molecule has 5 heavy (non-hydrogen) atoms. The van der Waals surface area contributed by atoms with Crippen LogP contribution < -0.4 is 11.3 Å². The minimum absolute atomic E-state index is 1.49. The molecule has 32 valence electrons. The summed E-state index contributed by atoms with van der Waals surface area (Å²) in [6, 6.07) is 0. The normalized spacial score (nSPS) is 26.0. The molecule has 4 N–H and O–H groups in total. The summed E-state index contributed by atoms with van der Waals surface area (Å²) >= 11 is 0. The van der Waals surface area contributed by atoms with Crippen molar-refractivity contribution in [2.45, 2.75) is 0 Å². The summed E-state index contributed by atoms with van der Waals surface area (Å²) in [4.78, 5) is 0. The molecule has 0 aromatic rings. The monoisotopic (exact) mass is 80.1 g/mol. The summed E-state index contributed by atoms with van der Waals surface area (Å²) in [6.45, 7) is -5.56. The zero-order chi connectivity index (χ0) is 7.71. The quantitative estimate of drug-likeness (QED) is 0.278. The lowest BCUT2D eigenvalue weighted by atomic mass is 10.7. The molecule has 0 unspecified atom stereocenters. The van der Waals surface area contributed by atoms with Gasteiger partial charge in [0.2, 0.25) is 0 Å². The topological polar surface area (TPSA) is 58.3 Å². The number of hydrogen-bond acceptors (Lipinski definition) is 3. The smallest absolute Gasteiger partial charge is 0.0578 e. The molecule has 3 heteroatoms. The fraction of sp³-hybridized carbons (Fsp3) is 1.00. The van der Waals surface area contributed by atoms with Crippen LogP contribution in [0.5, 0.6) is 0 Å². The molecule has 0 rings (SSSR count). The largest absolute Gasteiger partial charge is 0.395 e. The van der Waals surface area contributed by atoms with E-state index in [1.807, 2.05) is 0 Å². The first-order chi connectivity index (χ1) is 3.81. The van der Waals surface area contributed by atoms with Crippen LogP contribution in [0.2, 0.25) is 0 Å². The summed E-state index contributed by atoms with van der Waals surface area (Å²) < 4.78 is 26.1. The van der Waals surface area contributed by atoms with Crippen LogP contribution in [0.25, 0.3) is 0 Å². The number of hydrogen-bond donors (Lipinski definition) is 3. The Labute approximate surface area is 36.4 Å². The Morgan fingerprint density at radius 3 is 2.80 bits per heavy atom. The van der Waals surface area contributed by atoms with E-state index in [0.717, 1.165) is 0 Å². The standard InChI is InChI=1S/C2H8N2O/c3-4-1-2-5/h4-5H,1-3H2/i1D2,2D2. The molecular formula is C2H8N2O. The van der Waals surface area contributed by atoms with E-state index in [-0.39, 0.29) is 0 Å². The van der Waals surface area contributed by atoms with Crippen LogP contribution in [0.1, 0.15) is 5.48 Å². The number of rotatable bonds is 2. The molecule has 0 bridgehead atoms. The highest BCUT2D eigenvalue weighted by Crippen LogP contribution is 1.39. The van der Waals surface area contributed by atoms with Crippen molar-refractivity contribution in [2.24, 2.45) is 5.84 Å². The van der Waals surface area contributed by atoms with E-state index in [1.54, 1.807) is 0 Å². The summed E-state index contributed by atoms with van der Waals surface area (Å²) in [5, 5.41) is 8.36. The molecule has 0 aromatic heterocycles. The molecule has 0 fully saturated rings. The van der Waals surface area contributed by atoms with Crippen molar-refractivity contribution in [1.29, 1.82) is 0 Å². The van der Waals surface area contributed by atoms with Gasteiger partial charge in [0.05, 0.1) is 9.30 Å². The molecule has 0 saturated carbocycles. The molecule has 0 aliphatic rings. The predicted octanol–water partition coefficient (Wildman–Crippen LogP) is -1.56. The summed E-state index contributed by atoms with van der Waals surface area (Å²) in [6.07, 6.45) is 0. The van der Waals surface area contributed by atoms with Crippen LogP contribution >= 0.6 is 0 Å². The van der Waals surface area contributed by atoms with Crippen molar-refractivity contribution < 1.29 is 10.6 Å². The lowest BCUT2D eigenvalue weighted by Crippen LogP contribution is -2.24. The third-order valence-corrected chi connectivity index (χ3v) is 0.128. The van der Waals surface area contributed by atoms with Gasteiger partial charge < -0.3 is 5.11 Å². The summed E-state index contributed by atoms with van der Waals surface area (Å²) in [5.74, 6) is 4.57. The first-order valence-electron chi connectivity index (χ1n) is 3.01. The van der Waals surface area contributed by atoms with Gasteiger partial charge in [0.25, 0.3) is 0 Å². The molecule has 0 aliphatic heterocycles. The van der Waals surface area contributed by atoms with Gasteiger partial charge >= 0.3 is 0 Å². The second-order valence-corrected chi connectivity index (χ2v) is 0.381. The fourth-order valence-corrected chi connectivity index (χ4v) is 0.0323. The molecule has 0 saturated heterocycles. The lowest BCUT2D eigenvalue weighted by molar-refractivity contribution is 0.293. The number of aliphatic hydroxyl groups is 1. The van der Waals surface area contributed by atoms with Gasteiger partial charge in [0, 0.05) is 9.24 Å². The molecule has 0 amide bonds. The maximum Gasteiger partial charge on any atom is 0.0578 e. The predicted molar refractivity (Wildman–Crippen MR) is 19.3 cm³/mol. The van der Waals surface area contributed by atoms with E-state index in [0.29, 0.717) is 0 Å². The average molecular weight is 80.1 g/mol. The SMILES string of the molecule is [2H]C([2H])(O)C([2H])([2H])NN. The van der Waals surface area contributed by atoms with Crippen LogP contribution in [0, 0.1) is 0 Å². The van der Waals surface area contributed by atoms with Crippen molar-refractivity contribution in [2.75, 3.05) is 13.1 Å². The zero-order valence-electron chi connectivity index (χ0n) is 6.52. The van der Waals surface area contributed by atoms with Crippen LogP contribution in [-0.2, 0) is 0 Å². The molecule has 0 radical (unpaired) electrons. The van der Waals surface area contributed by atoms with Gasteiger partial charge in [-0.3, -0.25) is 11.3 Å². The Morgan fingerprint density at radius 2 is 2.80 bits per heavy atom. The minimum atomic E-state index is -2.96. The summed E-state index contributed by atoms with van der Waals surface area (Å²) in [5.41, 5.74) is 1.49. The van der Waals surface area contributed by atoms with E-state index in [1.165, 1.54) is 5.43 Å². The lowest BCUT2D eigenvalue weighted by Gasteiger charge is -1.84. The molecule has 0 heterocycles. The van der Waals surface area contributed by atoms with Gasteiger partial charge in [-0.15, -0.1) is 0 Å². The van der Waals surface area contributed by atoms with E-state index in [9.17, 15) is 0 Å². The molecule has 0 aliphatic carbocycles. The van der Waals surface area contributed by atoms with E-state index in [4.69, 9.17) is 10.6 Å². The molecule has 0 aromatic carbocycles. The molecule has 3 nitrogen and oxygen atoms in total. The van der Waals surface area contributed by atoms with Crippen LogP contribution in [-0.4, -0.2) is 18.2 Å². The third-order valence-electron chi connectivity index (χ3n) is 0.128. The Kier molecular flexibility index (Phi) is 0.918. The highest BCUT2D eigenvalue weighted by molar-refractivity contribution is 4.24. The van der Waals surface area contributed by atoms with Gasteiger partial charge in [0.1, 0.15) is 0 Å². The highest BCUT2D eigenvalue weighted by Gasteiger charge is 1.66. The molecule has 0 atom stereocenters. The Bertz CT molecular complexity index is 99.2. The number of hydrazine groups is 1. The van der Waals surface area contributed by atoms with Gasteiger partial charge in [-0.1, -0.05) is 0 Å². The Morgan fingerprint density at radius 1 is 2.20 bits per heavy atom. The van der Waals surface area contributed by atoms with Gasteiger partial charge in [-0.05, 0) is 0 Å². The average Bonchev–Trinajstić information content (AvgIpc) is 1.64.